The van der Waals surface area contributed by atoms with Crippen molar-refractivity contribution >= 4 is 27.5 Å². The topological polar surface area (TPSA) is 86.8 Å². The van der Waals surface area contributed by atoms with Gasteiger partial charge >= 0.3 is 6.18 Å². The van der Waals surface area contributed by atoms with E-state index in [0.29, 0.717) is 34.5 Å². The summed E-state index contributed by atoms with van der Waals surface area (Å²) in [6, 6.07) is 22.5. The fourth-order valence-corrected chi connectivity index (χ4v) is 6.46. The van der Waals surface area contributed by atoms with Gasteiger partial charge in [-0.3, -0.25) is 13.9 Å². The van der Waals surface area contributed by atoms with E-state index < -0.39 is 52.0 Å². The third-order valence-corrected chi connectivity index (χ3v) is 9.50. The molecule has 48 heavy (non-hydrogen) atoms. The number of alkyl halides is 3. The molecule has 0 spiro atoms. The SMILES string of the molecule is CCCCNC(=O)[C@@H](Cc1ccccc1)N(Cc1ccc(F)cc1)C(=O)CN(c1cccc(C(F)(F)F)c1)S(=O)(=O)c1ccc(C)cc1. The largest absolute Gasteiger partial charge is 0.416 e. The maximum atomic E-state index is 14.4. The number of hydrogen-bond donors (Lipinski definition) is 1. The van der Waals surface area contributed by atoms with Crippen LogP contribution in [0.3, 0.4) is 0 Å². The van der Waals surface area contributed by atoms with Gasteiger partial charge in [-0.25, -0.2) is 12.8 Å². The number of unbranched alkanes of at least 4 members (excludes halogenated alkanes) is 1. The number of carbonyl (C=O) groups excluding carboxylic acids is 2. The van der Waals surface area contributed by atoms with Crippen LogP contribution in [0.25, 0.3) is 0 Å². The van der Waals surface area contributed by atoms with Gasteiger partial charge < -0.3 is 10.2 Å². The van der Waals surface area contributed by atoms with Gasteiger partial charge in [0.25, 0.3) is 10.0 Å². The van der Waals surface area contributed by atoms with E-state index in [0.717, 1.165) is 24.1 Å². The highest BCUT2D eigenvalue weighted by atomic mass is 32.2. The van der Waals surface area contributed by atoms with Crippen LogP contribution in [0.15, 0.2) is 108 Å². The smallest absolute Gasteiger partial charge is 0.354 e. The Morgan fingerprint density at radius 2 is 1.52 bits per heavy atom. The van der Waals surface area contributed by atoms with Crippen molar-refractivity contribution in [3.8, 4) is 0 Å². The Labute approximate surface area is 278 Å². The first-order valence-corrected chi connectivity index (χ1v) is 16.9. The molecule has 0 bridgehead atoms. The number of halogens is 4. The van der Waals surface area contributed by atoms with Crippen molar-refractivity contribution in [2.24, 2.45) is 0 Å². The van der Waals surface area contributed by atoms with Gasteiger partial charge in [0.05, 0.1) is 16.1 Å². The molecule has 1 atom stereocenters. The Balaban J connectivity index is 1.83. The van der Waals surface area contributed by atoms with Gasteiger partial charge in [0.15, 0.2) is 0 Å². The van der Waals surface area contributed by atoms with Crippen LogP contribution in [-0.2, 0) is 38.8 Å². The fourth-order valence-electron chi connectivity index (χ4n) is 5.05. The second-order valence-electron chi connectivity index (χ2n) is 11.4. The average molecular weight is 684 g/mol. The number of sulfonamides is 1. The molecule has 0 aromatic heterocycles. The molecule has 0 radical (unpaired) electrons. The number of hydrogen-bond acceptors (Lipinski definition) is 4. The number of carbonyl (C=O) groups is 2. The minimum absolute atomic E-state index is 0.0556. The van der Waals surface area contributed by atoms with Gasteiger partial charge in [-0.15, -0.1) is 0 Å². The molecular weight excluding hydrogens is 646 g/mol. The molecule has 0 aliphatic rings. The first-order valence-electron chi connectivity index (χ1n) is 15.4. The Morgan fingerprint density at radius 3 is 2.15 bits per heavy atom. The monoisotopic (exact) mass is 683 g/mol. The molecule has 0 heterocycles. The lowest BCUT2D eigenvalue weighted by Gasteiger charge is -2.34. The standard InChI is InChI=1S/C36H37F4N3O4S/c1-3-4-21-41-35(45)33(22-27-9-6-5-7-10-27)42(24-28-15-17-30(37)18-16-28)34(44)25-43(31-12-8-11-29(23-31)36(38,39)40)48(46,47)32-19-13-26(2)14-20-32/h5-20,23,33H,3-4,21-22,24-25H2,1-2H3,(H,41,45)/t33-/m1/s1. The van der Waals surface area contributed by atoms with Gasteiger partial charge in [0, 0.05) is 19.5 Å². The summed E-state index contributed by atoms with van der Waals surface area (Å²) in [4.78, 5) is 29.1. The number of anilines is 1. The quantitative estimate of drug-likeness (QED) is 0.116. The van der Waals surface area contributed by atoms with Crippen molar-refractivity contribution in [2.45, 2.75) is 56.8 Å². The number of rotatable bonds is 14. The van der Waals surface area contributed by atoms with E-state index in [4.69, 9.17) is 0 Å². The highest BCUT2D eigenvalue weighted by Gasteiger charge is 2.36. The maximum absolute atomic E-state index is 14.4. The molecule has 0 fully saturated rings. The zero-order chi connectivity index (χ0) is 34.9. The Morgan fingerprint density at radius 1 is 0.854 bits per heavy atom. The van der Waals surface area contributed by atoms with Crippen LogP contribution in [0.5, 0.6) is 0 Å². The highest BCUT2D eigenvalue weighted by molar-refractivity contribution is 7.92. The number of benzene rings is 4. The van der Waals surface area contributed by atoms with Crippen molar-refractivity contribution in [2.75, 3.05) is 17.4 Å². The van der Waals surface area contributed by atoms with E-state index in [1.807, 2.05) is 6.92 Å². The predicted octanol–water partition coefficient (Wildman–Crippen LogP) is 6.90. The van der Waals surface area contributed by atoms with Crippen LogP contribution in [0.1, 0.15) is 42.0 Å². The van der Waals surface area contributed by atoms with E-state index in [2.05, 4.69) is 5.32 Å². The minimum Gasteiger partial charge on any atom is -0.354 e. The summed E-state index contributed by atoms with van der Waals surface area (Å²) in [7, 11) is -4.59. The van der Waals surface area contributed by atoms with Gasteiger partial charge in [0.2, 0.25) is 11.8 Å². The molecule has 12 heteroatoms. The van der Waals surface area contributed by atoms with E-state index in [1.54, 1.807) is 37.3 Å². The first kappa shape index (κ1) is 36.1. The summed E-state index contributed by atoms with van der Waals surface area (Å²) in [5.74, 6) is -1.86. The molecule has 254 valence electrons. The third kappa shape index (κ3) is 9.43. The van der Waals surface area contributed by atoms with E-state index in [-0.39, 0.29) is 23.5 Å². The molecule has 0 saturated heterocycles. The van der Waals surface area contributed by atoms with Crippen LogP contribution in [0.2, 0.25) is 0 Å². The molecule has 4 aromatic carbocycles. The van der Waals surface area contributed by atoms with Crippen molar-refractivity contribution in [1.29, 1.82) is 0 Å². The Kier molecular flexibility index (Phi) is 12.0. The van der Waals surface area contributed by atoms with Crippen LogP contribution < -0.4 is 9.62 Å². The van der Waals surface area contributed by atoms with Crippen molar-refractivity contribution in [3.63, 3.8) is 0 Å². The zero-order valence-electron chi connectivity index (χ0n) is 26.6. The molecule has 1 N–H and O–H groups in total. The second kappa shape index (κ2) is 15.9. The third-order valence-electron chi connectivity index (χ3n) is 7.72. The maximum Gasteiger partial charge on any atom is 0.416 e. The predicted molar refractivity (Wildman–Crippen MR) is 176 cm³/mol. The zero-order valence-corrected chi connectivity index (χ0v) is 27.4. The summed E-state index contributed by atoms with van der Waals surface area (Å²) in [5, 5.41) is 2.85. The molecule has 0 aliphatic carbocycles. The lowest BCUT2D eigenvalue weighted by molar-refractivity contribution is -0.140. The number of nitrogens with one attached hydrogen (secondary N) is 1. The summed E-state index contributed by atoms with van der Waals surface area (Å²) >= 11 is 0. The van der Waals surface area contributed by atoms with Gasteiger partial charge in [-0.2, -0.15) is 13.2 Å². The molecule has 0 unspecified atom stereocenters. The molecular formula is C36H37F4N3O4S. The van der Waals surface area contributed by atoms with E-state index in [1.165, 1.54) is 59.5 Å². The molecule has 0 saturated carbocycles. The van der Waals surface area contributed by atoms with Crippen LogP contribution in [-0.4, -0.2) is 44.3 Å². The molecule has 4 rings (SSSR count). The Bertz CT molecular complexity index is 1780. The lowest BCUT2D eigenvalue weighted by Crippen LogP contribution is -2.53. The summed E-state index contributed by atoms with van der Waals surface area (Å²) in [6.45, 7) is 2.90. The van der Waals surface area contributed by atoms with Crippen molar-refractivity contribution in [3.05, 3.63) is 131 Å². The van der Waals surface area contributed by atoms with Gasteiger partial charge in [0.1, 0.15) is 18.4 Å². The van der Waals surface area contributed by atoms with Crippen LogP contribution >= 0.6 is 0 Å². The minimum atomic E-state index is -4.79. The molecule has 4 aromatic rings. The van der Waals surface area contributed by atoms with Gasteiger partial charge in [-0.05, 0) is 66.9 Å². The number of nitrogens with zero attached hydrogens (tertiary/aromatic N) is 2. The van der Waals surface area contributed by atoms with E-state index in [9.17, 15) is 35.6 Å². The fraction of sp³-hybridized carbons (Fsp3) is 0.278. The normalized spacial score (nSPS) is 12.3. The second-order valence-corrected chi connectivity index (χ2v) is 13.2. The summed E-state index contributed by atoms with van der Waals surface area (Å²) in [6.07, 6.45) is -3.26. The summed E-state index contributed by atoms with van der Waals surface area (Å²) in [5.41, 5.74) is 0.437. The van der Waals surface area contributed by atoms with Crippen molar-refractivity contribution in [1.82, 2.24) is 10.2 Å². The molecule has 2 amide bonds. The number of amides is 2. The average Bonchev–Trinajstić information content (AvgIpc) is 3.06. The van der Waals surface area contributed by atoms with Crippen LogP contribution in [0.4, 0.5) is 23.2 Å². The lowest BCUT2D eigenvalue weighted by atomic mass is 10.0. The van der Waals surface area contributed by atoms with Gasteiger partial charge in [-0.1, -0.05) is 79.6 Å². The highest BCUT2D eigenvalue weighted by Crippen LogP contribution is 2.33. The van der Waals surface area contributed by atoms with E-state index >= 15 is 0 Å². The summed E-state index contributed by atoms with van der Waals surface area (Å²) < 4.78 is 83.9. The van der Waals surface area contributed by atoms with Crippen molar-refractivity contribution < 1.29 is 35.6 Å². The number of aryl methyl sites for hydroxylation is 1. The Hall–Kier alpha value is -4.71. The molecule has 0 aliphatic heterocycles. The first-order chi connectivity index (χ1) is 22.8. The molecule has 7 nitrogen and oxygen atoms in total. The van der Waals surface area contributed by atoms with Crippen LogP contribution in [0, 0.1) is 12.7 Å².